The van der Waals surface area contributed by atoms with Crippen LogP contribution >= 0.6 is 23.5 Å². The lowest BCUT2D eigenvalue weighted by atomic mass is 10.2. The van der Waals surface area contributed by atoms with Gasteiger partial charge in [-0.25, -0.2) is 9.78 Å². The van der Waals surface area contributed by atoms with Crippen LogP contribution in [0, 0.1) is 0 Å². The molecule has 1 atom stereocenters. The number of thioether (sulfide) groups is 2. The standard InChI is InChI=1S/C19H23N3O4S2/c1-11(2)27-10-13-9-16(23)22-19(20-13)28-12(3)17(24)21-15-8-6-5-7-14(15)18(25)26-4/h5-9,11-12H,10H2,1-4H3,(H,21,24)(H,20,22,23). The topological polar surface area (TPSA) is 101 Å². The Hall–Kier alpha value is -2.26. The second kappa shape index (κ2) is 10.3. The van der Waals surface area contributed by atoms with Gasteiger partial charge in [-0.3, -0.25) is 9.59 Å². The Kier molecular flexibility index (Phi) is 8.13. The summed E-state index contributed by atoms with van der Waals surface area (Å²) in [5.41, 5.74) is 1.07. The van der Waals surface area contributed by atoms with E-state index in [-0.39, 0.29) is 17.0 Å². The lowest BCUT2D eigenvalue weighted by molar-refractivity contribution is -0.115. The van der Waals surface area contributed by atoms with Crippen molar-refractivity contribution in [3.8, 4) is 0 Å². The fourth-order valence-corrected chi connectivity index (χ4v) is 3.68. The van der Waals surface area contributed by atoms with Gasteiger partial charge in [-0.1, -0.05) is 37.7 Å². The summed E-state index contributed by atoms with van der Waals surface area (Å²) < 4.78 is 4.73. The number of para-hydroxylation sites is 1. The Bertz CT molecular complexity index is 899. The van der Waals surface area contributed by atoms with Gasteiger partial charge < -0.3 is 15.0 Å². The highest BCUT2D eigenvalue weighted by molar-refractivity contribution is 8.00. The van der Waals surface area contributed by atoms with Crippen LogP contribution in [0.15, 0.2) is 40.3 Å². The average Bonchev–Trinajstić information content (AvgIpc) is 2.65. The van der Waals surface area contributed by atoms with E-state index in [1.54, 1.807) is 43.0 Å². The van der Waals surface area contributed by atoms with E-state index in [2.05, 4.69) is 29.1 Å². The number of hydrogen-bond donors (Lipinski definition) is 2. The van der Waals surface area contributed by atoms with Gasteiger partial charge in [0, 0.05) is 11.8 Å². The van der Waals surface area contributed by atoms with Gasteiger partial charge in [0.25, 0.3) is 5.56 Å². The molecule has 0 aliphatic heterocycles. The maximum absolute atomic E-state index is 12.6. The molecule has 2 aromatic rings. The first kappa shape index (κ1) is 22.0. The largest absolute Gasteiger partial charge is 0.465 e. The van der Waals surface area contributed by atoms with Gasteiger partial charge in [-0.15, -0.1) is 0 Å². The molecular formula is C19H23N3O4S2. The molecule has 1 aromatic heterocycles. The number of carbonyl (C=O) groups excluding carboxylic acids is 2. The Morgan fingerprint density at radius 1 is 1.25 bits per heavy atom. The first-order valence-electron chi connectivity index (χ1n) is 8.67. The van der Waals surface area contributed by atoms with Gasteiger partial charge in [-0.05, 0) is 24.3 Å². The molecule has 1 aromatic carbocycles. The molecule has 1 amide bonds. The maximum atomic E-state index is 12.6. The number of amides is 1. The van der Waals surface area contributed by atoms with Crippen molar-refractivity contribution in [2.24, 2.45) is 0 Å². The van der Waals surface area contributed by atoms with E-state index in [1.165, 1.54) is 13.2 Å². The van der Waals surface area contributed by atoms with Crippen molar-refractivity contribution in [3.05, 3.63) is 51.9 Å². The lowest BCUT2D eigenvalue weighted by Crippen LogP contribution is -2.24. The van der Waals surface area contributed by atoms with Gasteiger partial charge in [0.2, 0.25) is 5.91 Å². The van der Waals surface area contributed by atoms with Crippen molar-refractivity contribution < 1.29 is 14.3 Å². The molecular weight excluding hydrogens is 398 g/mol. The Labute approximate surface area is 172 Å². The molecule has 150 valence electrons. The van der Waals surface area contributed by atoms with Crippen molar-refractivity contribution in [2.45, 2.75) is 42.2 Å². The second-order valence-electron chi connectivity index (χ2n) is 6.19. The Balaban J connectivity index is 2.09. The highest BCUT2D eigenvalue weighted by Gasteiger charge is 2.19. The van der Waals surface area contributed by atoms with Crippen LogP contribution < -0.4 is 10.9 Å². The van der Waals surface area contributed by atoms with E-state index >= 15 is 0 Å². The molecule has 28 heavy (non-hydrogen) atoms. The predicted molar refractivity (Wildman–Crippen MR) is 113 cm³/mol. The summed E-state index contributed by atoms with van der Waals surface area (Å²) in [6, 6.07) is 8.08. The Morgan fingerprint density at radius 2 is 1.96 bits per heavy atom. The highest BCUT2D eigenvalue weighted by atomic mass is 32.2. The SMILES string of the molecule is COC(=O)c1ccccc1NC(=O)C(C)Sc1nc(CSC(C)C)cc(=O)[nH]1. The van der Waals surface area contributed by atoms with Crippen molar-refractivity contribution in [2.75, 3.05) is 12.4 Å². The number of benzene rings is 1. The normalized spacial score (nSPS) is 11.9. The van der Waals surface area contributed by atoms with Crippen LogP contribution in [-0.4, -0.2) is 39.5 Å². The smallest absolute Gasteiger partial charge is 0.339 e. The number of rotatable bonds is 8. The number of carbonyl (C=O) groups is 2. The summed E-state index contributed by atoms with van der Waals surface area (Å²) in [6.45, 7) is 5.86. The monoisotopic (exact) mass is 421 g/mol. The van der Waals surface area contributed by atoms with Crippen LogP contribution in [0.3, 0.4) is 0 Å². The van der Waals surface area contributed by atoms with Crippen molar-refractivity contribution in [1.82, 2.24) is 9.97 Å². The zero-order valence-electron chi connectivity index (χ0n) is 16.1. The molecule has 0 saturated carbocycles. The summed E-state index contributed by atoms with van der Waals surface area (Å²) in [4.78, 5) is 43.4. The van der Waals surface area contributed by atoms with E-state index in [0.717, 1.165) is 11.8 Å². The minimum absolute atomic E-state index is 0.250. The number of nitrogens with one attached hydrogen (secondary N) is 2. The molecule has 0 bridgehead atoms. The van der Waals surface area contributed by atoms with Crippen LogP contribution in [0.25, 0.3) is 0 Å². The van der Waals surface area contributed by atoms with Crippen LogP contribution in [0.4, 0.5) is 5.69 Å². The third-order valence-electron chi connectivity index (χ3n) is 3.59. The summed E-state index contributed by atoms with van der Waals surface area (Å²) >= 11 is 2.84. The molecule has 2 N–H and O–H groups in total. The summed E-state index contributed by atoms with van der Waals surface area (Å²) in [6.07, 6.45) is 0. The zero-order chi connectivity index (χ0) is 20.7. The molecule has 7 nitrogen and oxygen atoms in total. The molecule has 1 unspecified atom stereocenters. The van der Waals surface area contributed by atoms with Crippen LogP contribution in [0.2, 0.25) is 0 Å². The van der Waals surface area contributed by atoms with E-state index in [0.29, 0.717) is 27.5 Å². The summed E-state index contributed by atoms with van der Waals surface area (Å²) in [5.74, 6) is -0.217. The van der Waals surface area contributed by atoms with Gasteiger partial charge in [0.15, 0.2) is 5.16 Å². The minimum atomic E-state index is -0.540. The molecule has 0 aliphatic carbocycles. The fraction of sp³-hybridized carbons (Fsp3) is 0.368. The first-order valence-corrected chi connectivity index (χ1v) is 10.6. The van der Waals surface area contributed by atoms with Gasteiger partial charge in [0.1, 0.15) is 0 Å². The van der Waals surface area contributed by atoms with Crippen LogP contribution in [0.5, 0.6) is 0 Å². The van der Waals surface area contributed by atoms with E-state index in [4.69, 9.17) is 4.74 Å². The quantitative estimate of drug-likeness (QED) is 0.383. The van der Waals surface area contributed by atoms with Gasteiger partial charge in [-0.2, -0.15) is 11.8 Å². The third kappa shape index (κ3) is 6.42. The highest BCUT2D eigenvalue weighted by Crippen LogP contribution is 2.23. The summed E-state index contributed by atoms with van der Waals surface area (Å²) in [5, 5.41) is 3.00. The lowest BCUT2D eigenvalue weighted by Gasteiger charge is -2.14. The van der Waals surface area contributed by atoms with Gasteiger partial charge >= 0.3 is 5.97 Å². The number of ether oxygens (including phenoxy) is 1. The van der Waals surface area contributed by atoms with Crippen LogP contribution in [-0.2, 0) is 15.3 Å². The first-order chi connectivity index (χ1) is 13.3. The molecule has 0 radical (unpaired) electrons. The number of aromatic amines is 1. The van der Waals surface area contributed by atoms with Crippen molar-refractivity contribution in [1.29, 1.82) is 0 Å². The fourth-order valence-electron chi connectivity index (χ4n) is 2.20. The molecule has 0 saturated heterocycles. The van der Waals surface area contributed by atoms with Crippen molar-refractivity contribution in [3.63, 3.8) is 0 Å². The molecule has 0 fully saturated rings. The molecule has 2 rings (SSSR count). The van der Waals surface area contributed by atoms with E-state index in [1.807, 2.05) is 0 Å². The third-order valence-corrected chi connectivity index (χ3v) is 5.70. The average molecular weight is 422 g/mol. The molecule has 0 spiro atoms. The van der Waals surface area contributed by atoms with E-state index < -0.39 is 11.2 Å². The zero-order valence-corrected chi connectivity index (χ0v) is 17.8. The van der Waals surface area contributed by atoms with Gasteiger partial charge in [0.05, 0.1) is 29.3 Å². The van der Waals surface area contributed by atoms with Crippen molar-refractivity contribution >= 4 is 41.1 Å². The maximum Gasteiger partial charge on any atom is 0.339 e. The number of H-pyrrole nitrogens is 1. The molecule has 0 aliphatic rings. The number of hydrogen-bond acceptors (Lipinski definition) is 7. The minimum Gasteiger partial charge on any atom is -0.465 e. The predicted octanol–water partition coefficient (Wildman–Crippen LogP) is 3.32. The number of nitrogens with zero attached hydrogens (tertiary/aromatic N) is 1. The van der Waals surface area contributed by atoms with E-state index in [9.17, 15) is 14.4 Å². The van der Waals surface area contributed by atoms with Crippen LogP contribution in [0.1, 0.15) is 36.8 Å². The Morgan fingerprint density at radius 3 is 2.64 bits per heavy atom. The molecule has 9 heteroatoms. The summed E-state index contributed by atoms with van der Waals surface area (Å²) in [7, 11) is 1.28. The number of anilines is 1. The number of aromatic nitrogens is 2. The number of methoxy groups -OCH3 is 1. The molecule has 1 heterocycles. The second-order valence-corrected chi connectivity index (χ2v) is 9.08. The number of esters is 1.